The Kier molecular flexibility index (Phi) is 7.68. The van der Waals surface area contributed by atoms with Crippen LogP contribution < -0.4 is 25.8 Å². The van der Waals surface area contributed by atoms with E-state index in [1.165, 1.54) is 7.11 Å². The number of methoxy groups -OCH3 is 1. The molecule has 0 aliphatic carbocycles. The highest BCUT2D eigenvalue weighted by molar-refractivity contribution is 5.92. The van der Waals surface area contributed by atoms with Crippen LogP contribution in [0.25, 0.3) is 0 Å². The molecule has 2 aromatic carbocycles. The molecule has 0 aliphatic heterocycles. The normalized spacial score (nSPS) is 11.4. The molecule has 2 rings (SSSR count). The van der Waals surface area contributed by atoms with Crippen LogP contribution in [0, 0.1) is 0 Å². The summed E-state index contributed by atoms with van der Waals surface area (Å²) in [6.07, 6.45) is 1.14. The van der Waals surface area contributed by atoms with E-state index >= 15 is 0 Å². The summed E-state index contributed by atoms with van der Waals surface area (Å²) in [4.78, 5) is 23.3. The highest BCUT2D eigenvalue weighted by atomic mass is 16.5. The number of nitrogens with one attached hydrogen (secondary N) is 2. The summed E-state index contributed by atoms with van der Waals surface area (Å²) in [5.41, 5.74) is 7.81. The van der Waals surface area contributed by atoms with Gasteiger partial charge in [0, 0.05) is 29.9 Å². The summed E-state index contributed by atoms with van der Waals surface area (Å²) >= 11 is 0. The molecule has 28 heavy (non-hydrogen) atoms. The smallest absolute Gasteiger partial charge is 0.255 e. The molecule has 0 radical (unpaired) electrons. The Morgan fingerprint density at radius 1 is 1.14 bits per heavy atom. The van der Waals surface area contributed by atoms with Crippen molar-refractivity contribution >= 4 is 23.2 Å². The minimum absolute atomic E-state index is 0.0698. The highest BCUT2D eigenvalue weighted by Gasteiger charge is 2.13. The predicted molar refractivity (Wildman–Crippen MR) is 110 cm³/mol. The lowest BCUT2D eigenvalue weighted by atomic mass is 10.1. The van der Waals surface area contributed by atoms with E-state index in [0.717, 1.165) is 23.4 Å². The lowest BCUT2D eigenvalue weighted by Crippen LogP contribution is -2.24. The first-order chi connectivity index (χ1) is 13.4. The van der Waals surface area contributed by atoms with E-state index in [1.807, 2.05) is 37.3 Å². The zero-order valence-corrected chi connectivity index (χ0v) is 16.5. The Hall–Kier alpha value is -3.22. The minimum Gasteiger partial charge on any atom is -0.493 e. The maximum atomic E-state index is 12.4. The van der Waals surface area contributed by atoms with Crippen LogP contribution in [-0.2, 0) is 16.0 Å². The third kappa shape index (κ3) is 6.19. The molecule has 4 N–H and O–H groups in total. The number of nitrogens with two attached hydrogens (primary N) is 1. The first-order valence-electron chi connectivity index (χ1n) is 9.16. The van der Waals surface area contributed by atoms with E-state index in [4.69, 9.17) is 15.2 Å². The van der Waals surface area contributed by atoms with Crippen LogP contribution in [0.5, 0.6) is 11.5 Å². The van der Waals surface area contributed by atoms with Gasteiger partial charge in [-0.1, -0.05) is 25.1 Å². The maximum absolute atomic E-state index is 12.4. The molecule has 150 valence electrons. The molecule has 1 atom stereocenters. The molecule has 0 unspecified atom stereocenters. The molecule has 0 saturated heterocycles. The fourth-order valence-corrected chi connectivity index (χ4v) is 2.79. The lowest BCUT2D eigenvalue weighted by molar-refractivity contribution is -0.120. The number of primary amides is 1. The lowest BCUT2D eigenvalue weighted by Gasteiger charge is -2.17. The second kappa shape index (κ2) is 10.2. The monoisotopic (exact) mass is 385 g/mol. The molecule has 0 fully saturated rings. The van der Waals surface area contributed by atoms with Gasteiger partial charge in [-0.25, -0.2) is 0 Å². The first-order valence-corrected chi connectivity index (χ1v) is 9.16. The molecule has 2 aromatic rings. The van der Waals surface area contributed by atoms with Gasteiger partial charge in [0.25, 0.3) is 5.91 Å². The van der Waals surface area contributed by atoms with Gasteiger partial charge in [0.05, 0.1) is 7.11 Å². The number of ether oxygens (including phenoxy) is 2. The average Bonchev–Trinajstić information content (AvgIpc) is 2.66. The number of aryl methyl sites for hydroxylation is 1. The van der Waals surface area contributed by atoms with Crippen molar-refractivity contribution in [2.24, 2.45) is 5.73 Å². The molecule has 0 aliphatic rings. The Morgan fingerprint density at radius 3 is 2.57 bits per heavy atom. The number of anilines is 2. The summed E-state index contributed by atoms with van der Waals surface area (Å²) in [6.45, 7) is 3.73. The molecular formula is C21H27N3O4. The Bertz CT molecular complexity index is 823. The van der Waals surface area contributed by atoms with Crippen LogP contribution in [0.2, 0.25) is 0 Å². The fourth-order valence-electron chi connectivity index (χ4n) is 2.79. The first kappa shape index (κ1) is 21.1. The maximum Gasteiger partial charge on any atom is 0.255 e. The summed E-state index contributed by atoms with van der Waals surface area (Å²) in [7, 11) is 1.51. The van der Waals surface area contributed by atoms with Crippen molar-refractivity contribution < 1.29 is 19.1 Å². The summed E-state index contributed by atoms with van der Waals surface area (Å²) < 4.78 is 10.6. The number of carbonyl (C=O) groups excluding carboxylic acids is 2. The van der Waals surface area contributed by atoms with Crippen LogP contribution in [0.1, 0.15) is 25.8 Å². The Labute approximate surface area is 165 Å². The molecule has 7 nitrogen and oxygen atoms in total. The van der Waals surface area contributed by atoms with Crippen molar-refractivity contribution in [1.29, 1.82) is 0 Å². The van der Waals surface area contributed by atoms with Gasteiger partial charge in [-0.2, -0.15) is 0 Å². The summed E-state index contributed by atoms with van der Waals surface area (Å²) in [6, 6.07) is 12.9. The van der Waals surface area contributed by atoms with Gasteiger partial charge in [0.2, 0.25) is 5.91 Å². The molecule has 0 bridgehead atoms. The number of carbonyl (C=O) groups is 2. The molecule has 7 heteroatoms. The SMILES string of the molecule is CCc1ccccc1NC(=O)C[C@@H](C)Nc1ccc(OC)c(OCC(N)=O)c1. The fraction of sp³-hybridized carbons (Fsp3) is 0.333. The second-order valence-electron chi connectivity index (χ2n) is 6.43. The van der Waals surface area contributed by atoms with E-state index in [2.05, 4.69) is 17.6 Å². The zero-order chi connectivity index (χ0) is 20.5. The summed E-state index contributed by atoms with van der Waals surface area (Å²) in [5.74, 6) is 0.255. The number of benzene rings is 2. The molecule has 0 aromatic heterocycles. The number of hydrogen-bond donors (Lipinski definition) is 3. The molecular weight excluding hydrogens is 358 g/mol. The van der Waals surface area contributed by atoms with E-state index in [0.29, 0.717) is 17.9 Å². The van der Waals surface area contributed by atoms with Crippen LogP contribution in [-0.4, -0.2) is 31.6 Å². The molecule has 0 heterocycles. The minimum atomic E-state index is -0.571. The van der Waals surface area contributed by atoms with Crippen LogP contribution in [0.4, 0.5) is 11.4 Å². The number of para-hydroxylation sites is 1. The van der Waals surface area contributed by atoms with Crippen LogP contribution in [0.15, 0.2) is 42.5 Å². The quantitative estimate of drug-likeness (QED) is 0.583. The Balaban J connectivity index is 1.98. The number of rotatable bonds is 10. The van der Waals surface area contributed by atoms with Gasteiger partial charge in [-0.15, -0.1) is 0 Å². The predicted octanol–water partition coefficient (Wildman–Crippen LogP) is 2.95. The van der Waals surface area contributed by atoms with Gasteiger partial charge in [0.1, 0.15) is 0 Å². The average molecular weight is 385 g/mol. The zero-order valence-electron chi connectivity index (χ0n) is 16.5. The van der Waals surface area contributed by atoms with E-state index in [9.17, 15) is 9.59 Å². The molecule has 0 spiro atoms. The van der Waals surface area contributed by atoms with Gasteiger partial charge in [0.15, 0.2) is 18.1 Å². The van der Waals surface area contributed by atoms with Crippen molar-refractivity contribution in [3.8, 4) is 11.5 Å². The molecule has 2 amide bonds. The van der Waals surface area contributed by atoms with Crippen molar-refractivity contribution in [3.05, 3.63) is 48.0 Å². The van der Waals surface area contributed by atoms with Crippen LogP contribution >= 0.6 is 0 Å². The van der Waals surface area contributed by atoms with Gasteiger partial charge >= 0.3 is 0 Å². The number of amides is 2. The standard InChI is InChI=1S/C21H27N3O4/c1-4-15-7-5-6-8-17(15)24-21(26)11-14(2)23-16-9-10-18(27-3)19(12-16)28-13-20(22)25/h5-10,12,14,23H,4,11,13H2,1-3H3,(H2,22,25)(H,24,26)/t14-/m1/s1. The van der Waals surface area contributed by atoms with E-state index in [-0.39, 0.29) is 18.6 Å². The number of hydrogen-bond acceptors (Lipinski definition) is 5. The second-order valence-corrected chi connectivity index (χ2v) is 6.43. The van der Waals surface area contributed by atoms with Crippen molar-refractivity contribution in [1.82, 2.24) is 0 Å². The van der Waals surface area contributed by atoms with Crippen molar-refractivity contribution in [2.45, 2.75) is 32.7 Å². The van der Waals surface area contributed by atoms with Crippen molar-refractivity contribution in [2.75, 3.05) is 24.4 Å². The Morgan fingerprint density at radius 2 is 1.89 bits per heavy atom. The highest BCUT2D eigenvalue weighted by Crippen LogP contribution is 2.30. The third-order valence-corrected chi connectivity index (χ3v) is 4.11. The van der Waals surface area contributed by atoms with E-state index < -0.39 is 5.91 Å². The topological polar surface area (TPSA) is 103 Å². The largest absolute Gasteiger partial charge is 0.493 e. The summed E-state index contributed by atoms with van der Waals surface area (Å²) in [5, 5.41) is 6.22. The van der Waals surface area contributed by atoms with Crippen molar-refractivity contribution in [3.63, 3.8) is 0 Å². The van der Waals surface area contributed by atoms with Gasteiger partial charge in [-0.05, 0) is 37.1 Å². The third-order valence-electron chi connectivity index (χ3n) is 4.11. The molecule has 0 saturated carbocycles. The van der Waals surface area contributed by atoms with Gasteiger partial charge in [-0.3, -0.25) is 9.59 Å². The van der Waals surface area contributed by atoms with E-state index in [1.54, 1.807) is 12.1 Å². The van der Waals surface area contributed by atoms with Gasteiger partial charge < -0.3 is 25.8 Å². The van der Waals surface area contributed by atoms with Crippen LogP contribution in [0.3, 0.4) is 0 Å².